The summed E-state index contributed by atoms with van der Waals surface area (Å²) in [7, 11) is 0. The molecule has 1 aliphatic heterocycles. The van der Waals surface area contributed by atoms with Crippen LogP contribution in [-0.2, 0) is 42.9 Å². The lowest BCUT2D eigenvalue weighted by Crippen LogP contribution is -2.66. The Kier molecular flexibility index (Phi) is 7.86. The minimum Gasteiger partial charge on any atom is -0.463 e. The molecule has 0 bridgehead atoms. The van der Waals surface area contributed by atoms with Crippen LogP contribution in [0.2, 0.25) is 0 Å². The minimum absolute atomic E-state index is 0. The average molecular weight is 396 g/mol. The van der Waals surface area contributed by atoms with Crippen molar-refractivity contribution in [2.24, 2.45) is 0 Å². The maximum atomic E-state index is 11.5. The van der Waals surface area contributed by atoms with Crippen molar-refractivity contribution in [3.05, 3.63) is 0 Å². The van der Waals surface area contributed by atoms with Gasteiger partial charge in [0.05, 0.1) is 0 Å². The van der Waals surface area contributed by atoms with Gasteiger partial charge in [0.1, 0.15) is 24.9 Å². The zero-order chi connectivity index (χ0) is 19.9. The summed E-state index contributed by atoms with van der Waals surface area (Å²) < 4.78 is 25.9. The molecule has 1 aliphatic rings. The van der Waals surface area contributed by atoms with Gasteiger partial charge in [-0.1, -0.05) is 6.42 Å². The lowest BCUT2D eigenvalue weighted by molar-refractivity contribution is -0.263. The molecule has 5 unspecified atom stereocenters. The molecule has 10 heteroatoms. The van der Waals surface area contributed by atoms with Gasteiger partial charge in [-0.05, 0) is 0 Å². The van der Waals surface area contributed by atoms with Crippen LogP contribution in [0.1, 0.15) is 44.8 Å². The lowest BCUT2D eigenvalue weighted by atomic mass is 9.96. The van der Waals surface area contributed by atoms with Crippen molar-refractivity contribution in [2.75, 3.05) is 6.61 Å². The van der Waals surface area contributed by atoms with Crippen LogP contribution in [0.25, 0.3) is 0 Å². The van der Waals surface area contributed by atoms with Crippen LogP contribution in [0, 0.1) is 12.5 Å². The number of rotatable bonds is 6. The topological polar surface area (TPSA) is 126 Å². The third kappa shape index (κ3) is 6.25. The van der Waals surface area contributed by atoms with Crippen molar-refractivity contribution in [1.82, 2.24) is 5.32 Å². The number of terminal acetylenes is 1. The van der Waals surface area contributed by atoms with Crippen LogP contribution in [0.15, 0.2) is 0 Å². The summed E-state index contributed by atoms with van der Waals surface area (Å²) >= 11 is 0. The Morgan fingerprint density at radius 2 is 1.62 bits per heavy atom. The Balaban J connectivity index is -0.0000000563. The van der Waals surface area contributed by atoms with E-state index in [0.29, 0.717) is 0 Å². The van der Waals surface area contributed by atoms with Crippen LogP contribution in [0.4, 0.5) is 0 Å². The van der Waals surface area contributed by atoms with Gasteiger partial charge in [-0.15, -0.1) is 0 Å². The van der Waals surface area contributed by atoms with Crippen LogP contribution in [0.5, 0.6) is 0 Å². The van der Waals surface area contributed by atoms with Gasteiger partial charge in [0.2, 0.25) is 12.2 Å². The summed E-state index contributed by atoms with van der Waals surface area (Å²) in [5.41, 5.74) is 0. The summed E-state index contributed by atoms with van der Waals surface area (Å²) in [6, 6.07) is -1.06. The van der Waals surface area contributed by atoms with E-state index in [2.05, 4.69) is 5.32 Å². The highest BCUT2D eigenvalue weighted by Gasteiger charge is 2.51. The Hall–Kier alpha value is -2.80. The van der Waals surface area contributed by atoms with E-state index in [9.17, 15) is 19.2 Å². The Bertz CT molecular complexity index is 631. The number of carbonyl (C=O) groups excluding carboxylic acids is 4. The van der Waals surface area contributed by atoms with Gasteiger partial charge >= 0.3 is 17.9 Å². The fraction of sp³-hybridized carbons (Fsp3) is 0.625. The standard InChI is InChI=1S/C16H21NO9.12H2/c1-6-22-16-13(17-8(2)18)15(25-11(5)21)14(24-10(4)20)12(26-16)7-23-9(3)19;;;;;;;;;;;;/h1,12-16H,7H2,2-5H3,(H,17,18);12*1H. The second-order valence-electron chi connectivity index (χ2n) is 5.46. The van der Waals surface area contributed by atoms with Gasteiger partial charge in [-0.2, -0.15) is 0 Å². The van der Waals surface area contributed by atoms with Crippen molar-refractivity contribution >= 4 is 23.8 Å². The number of hydrogen-bond acceptors (Lipinski definition) is 9. The van der Waals surface area contributed by atoms with E-state index >= 15 is 0 Å². The predicted octanol–water partition coefficient (Wildman–Crippen LogP) is 2.20. The van der Waals surface area contributed by atoms with Crippen molar-refractivity contribution in [1.29, 1.82) is 0 Å². The maximum Gasteiger partial charge on any atom is 0.303 e. The highest BCUT2D eigenvalue weighted by atomic mass is 16.7. The molecule has 0 spiro atoms. The fourth-order valence-electron chi connectivity index (χ4n) is 2.46. The highest BCUT2D eigenvalue weighted by molar-refractivity contribution is 5.73. The average Bonchev–Trinajstić information content (AvgIpc) is 2.50. The van der Waals surface area contributed by atoms with Gasteiger partial charge in [0.15, 0.2) is 12.2 Å². The predicted molar refractivity (Wildman–Crippen MR) is 109 cm³/mol. The molecule has 0 saturated carbocycles. The third-order valence-electron chi connectivity index (χ3n) is 3.26. The van der Waals surface area contributed by atoms with E-state index in [0.717, 1.165) is 13.8 Å². The summed E-state index contributed by atoms with van der Waals surface area (Å²) in [4.78, 5) is 45.6. The number of hydrogen-bond donors (Lipinski definition) is 1. The first-order valence-electron chi connectivity index (χ1n) is 7.67. The molecule has 1 fully saturated rings. The minimum atomic E-state index is -1.24. The van der Waals surface area contributed by atoms with Gasteiger partial charge in [-0.25, -0.2) is 0 Å². The van der Waals surface area contributed by atoms with Crippen LogP contribution in [0.3, 0.4) is 0 Å². The number of esters is 3. The molecular weight excluding hydrogens is 350 g/mol. The molecule has 10 nitrogen and oxygen atoms in total. The highest BCUT2D eigenvalue weighted by Crippen LogP contribution is 2.27. The quantitative estimate of drug-likeness (QED) is 0.409. The molecular formula is C16H45NO9. The molecule has 168 valence electrons. The number of ether oxygens (including phenoxy) is 5. The van der Waals surface area contributed by atoms with Crippen LogP contribution in [-0.4, -0.2) is 61.1 Å². The van der Waals surface area contributed by atoms with Gasteiger partial charge in [0.25, 0.3) is 0 Å². The Morgan fingerprint density at radius 3 is 2.08 bits per heavy atom. The summed E-state index contributed by atoms with van der Waals surface area (Å²) in [6.45, 7) is 4.38. The number of carbonyl (C=O) groups is 4. The zero-order valence-corrected chi connectivity index (χ0v) is 14.8. The molecule has 0 aliphatic carbocycles. The summed E-state index contributed by atoms with van der Waals surface area (Å²) in [6.07, 6.45) is 2.42. The van der Waals surface area contributed by atoms with Crippen molar-refractivity contribution in [3.8, 4) is 12.5 Å². The maximum absolute atomic E-state index is 11.5. The number of nitrogens with one attached hydrogen (secondary N) is 1. The Morgan fingerprint density at radius 1 is 1.04 bits per heavy atom. The monoisotopic (exact) mass is 395 g/mol. The first-order chi connectivity index (χ1) is 12.1. The molecule has 1 amide bonds. The summed E-state index contributed by atoms with van der Waals surface area (Å²) in [5, 5.41) is 2.50. The molecule has 1 rings (SSSR count). The SMILES string of the molecule is C#COC1OC(COC(C)=O)C(OC(C)=O)C(OC(C)=O)C1NC(C)=O.[HH].[HH].[HH].[HH].[HH].[HH].[HH].[HH].[HH].[HH].[HH].[HH]. The molecule has 0 aromatic rings. The molecule has 26 heavy (non-hydrogen) atoms. The van der Waals surface area contributed by atoms with E-state index in [1.54, 1.807) is 0 Å². The smallest absolute Gasteiger partial charge is 0.303 e. The zero-order valence-electron chi connectivity index (χ0n) is 14.8. The van der Waals surface area contributed by atoms with Gasteiger partial charge in [-0.3, -0.25) is 19.2 Å². The van der Waals surface area contributed by atoms with E-state index in [1.165, 1.54) is 13.8 Å². The molecule has 0 aromatic carbocycles. The van der Waals surface area contributed by atoms with Crippen molar-refractivity contribution in [3.63, 3.8) is 0 Å². The first-order valence-corrected chi connectivity index (χ1v) is 7.67. The molecule has 1 N–H and O–H groups in total. The number of amides is 1. The molecule has 1 saturated heterocycles. The lowest BCUT2D eigenvalue weighted by Gasteiger charge is -2.43. The van der Waals surface area contributed by atoms with Gasteiger partial charge < -0.3 is 29.0 Å². The third-order valence-corrected chi connectivity index (χ3v) is 3.26. The second-order valence-corrected chi connectivity index (χ2v) is 5.46. The summed E-state index contributed by atoms with van der Waals surface area (Å²) in [5.74, 6) is -2.48. The van der Waals surface area contributed by atoms with Crippen molar-refractivity contribution in [2.45, 2.75) is 58.3 Å². The second kappa shape index (κ2) is 9.62. The molecule has 5 atom stereocenters. The molecule has 0 radical (unpaired) electrons. The first kappa shape index (κ1) is 21.2. The molecule has 0 aromatic heterocycles. The van der Waals surface area contributed by atoms with Gasteiger partial charge in [0, 0.05) is 44.8 Å². The van der Waals surface area contributed by atoms with Crippen LogP contribution < -0.4 is 5.32 Å². The van der Waals surface area contributed by atoms with Crippen molar-refractivity contribution < 1.29 is 60.0 Å². The van der Waals surface area contributed by atoms with E-state index in [-0.39, 0.29) is 23.7 Å². The largest absolute Gasteiger partial charge is 0.463 e. The normalized spacial score (nSPS) is 27.4. The van der Waals surface area contributed by atoms with E-state index in [4.69, 9.17) is 30.1 Å². The fourth-order valence-corrected chi connectivity index (χ4v) is 2.46. The van der Waals surface area contributed by atoms with Crippen LogP contribution >= 0.6 is 0 Å². The Labute approximate surface area is 168 Å². The van der Waals surface area contributed by atoms with E-state index in [1.807, 2.05) is 6.11 Å². The molecule has 1 heterocycles. The van der Waals surface area contributed by atoms with E-state index < -0.39 is 54.5 Å².